The Labute approximate surface area is 251 Å². The predicted molar refractivity (Wildman–Crippen MR) is 160 cm³/mol. The van der Waals surface area contributed by atoms with E-state index >= 15 is 0 Å². The summed E-state index contributed by atoms with van der Waals surface area (Å²) in [6, 6.07) is 14.9. The summed E-state index contributed by atoms with van der Waals surface area (Å²) < 4.78 is 40.0. The number of likely N-dealkylation sites (N-methyl/N-ethyl adjacent to an activating group) is 1. The van der Waals surface area contributed by atoms with Crippen molar-refractivity contribution in [2.75, 3.05) is 32.1 Å². The number of anilines is 1. The van der Waals surface area contributed by atoms with E-state index in [9.17, 15) is 18.0 Å². The fraction of sp³-hybridized carbons (Fsp3) is 0.310. The summed E-state index contributed by atoms with van der Waals surface area (Å²) in [4.78, 5) is 28.3. The third-order valence-electron chi connectivity index (χ3n) is 6.57. The second kappa shape index (κ2) is 13.9. The summed E-state index contributed by atoms with van der Waals surface area (Å²) in [5, 5.41) is 3.19. The zero-order valence-electron chi connectivity index (χ0n) is 23.5. The molecule has 3 aromatic rings. The summed E-state index contributed by atoms with van der Waals surface area (Å²) in [6.45, 7) is 2.80. The van der Waals surface area contributed by atoms with Crippen LogP contribution in [0.4, 0.5) is 5.69 Å². The number of carbonyl (C=O) groups excluding carboxylic acids is 2. The highest BCUT2D eigenvalue weighted by molar-refractivity contribution is 7.92. The van der Waals surface area contributed by atoms with Crippen LogP contribution in [0.15, 0.2) is 65.6 Å². The maximum Gasteiger partial charge on any atom is 0.264 e. The van der Waals surface area contributed by atoms with Crippen LogP contribution in [0.2, 0.25) is 10.0 Å². The molecule has 0 bridgehead atoms. The molecule has 9 nitrogen and oxygen atoms in total. The molecule has 0 aromatic heterocycles. The number of rotatable bonds is 12. The maximum absolute atomic E-state index is 14.1. The number of ether oxygens (including phenoxy) is 2. The molecule has 0 heterocycles. The van der Waals surface area contributed by atoms with E-state index in [0.29, 0.717) is 21.4 Å². The van der Waals surface area contributed by atoms with Crippen LogP contribution in [0.1, 0.15) is 24.5 Å². The van der Waals surface area contributed by atoms with Gasteiger partial charge in [0.05, 0.1) is 24.8 Å². The molecule has 41 heavy (non-hydrogen) atoms. The Balaban J connectivity index is 2.19. The van der Waals surface area contributed by atoms with Gasteiger partial charge in [-0.05, 0) is 49.7 Å². The standard InChI is InChI=1S/C29H33Cl2N3O6S/c1-6-25(29(36)32-3)33(17-22-23(30)8-7-9-24(22)31)28(35)18-34(26-16-20(39-4)12-15-27(26)40-5)41(37,38)21-13-10-19(2)11-14-21/h7-16,25H,6,17-18H2,1-5H3,(H,32,36). The highest BCUT2D eigenvalue weighted by Crippen LogP contribution is 2.36. The van der Waals surface area contributed by atoms with E-state index < -0.39 is 34.4 Å². The molecule has 0 saturated heterocycles. The molecule has 0 saturated carbocycles. The molecule has 0 fully saturated rings. The number of nitrogens with zero attached hydrogens (tertiary/aromatic N) is 2. The van der Waals surface area contributed by atoms with Crippen LogP contribution in [-0.4, -0.2) is 59.0 Å². The van der Waals surface area contributed by atoms with Gasteiger partial charge in [-0.3, -0.25) is 13.9 Å². The van der Waals surface area contributed by atoms with Gasteiger partial charge >= 0.3 is 0 Å². The molecule has 2 amide bonds. The number of hydrogen-bond acceptors (Lipinski definition) is 6. The van der Waals surface area contributed by atoms with Crippen molar-refractivity contribution in [1.82, 2.24) is 10.2 Å². The van der Waals surface area contributed by atoms with Gasteiger partial charge in [-0.1, -0.05) is 53.9 Å². The fourth-order valence-electron chi connectivity index (χ4n) is 4.28. The number of halogens is 2. The van der Waals surface area contributed by atoms with Crippen molar-refractivity contribution in [3.63, 3.8) is 0 Å². The van der Waals surface area contributed by atoms with E-state index in [2.05, 4.69) is 5.32 Å². The molecule has 1 atom stereocenters. The van der Waals surface area contributed by atoms with Crippen LogP contribution < -0.4 is 19.1 Å². The van der Waals surface area contributed by atoms with E-state index in [1.165, 1.54) is 44.4 Å². The van der Waals surface area contributed by atoms with Crippen molar-refractivity contribution in [2.24, 2.45) is 0 Å². The highest BCUT2D eigenvalue weighted by Gasteiger charge is 2.35. The van der Waals surface area contributed by atoms with Crippen molar-refractivity contribution in [1.29, 1.82) is 0 Å². The summed E-state index contributed by atoms with van der Waals surface area (Å²) >= 11 is 12.8. The third kappa shape index (κ3) is 7.25. The van der Waals surface area contributed by atoms with Gasteiger partial charge in [0.1, 0.15) is 24.1 Å². The van der Waals surface area contributed by atoms with Crippen LogP contribution in [0, 0.1) is 6.92 Å². The van der Waals surface area contributed by atoms with Crippen molar-refractivity contribution in [2.45, 2.75) is 37.8 Å². The molecule has 0 spiro atoms. The molecule has 0 aliphatic carbocycles. The molecule has 1 unspecified atom stereocenters. The van der Waals surface area contributed by atoms with Gasteiger partial charge < -0.3 is 19.7 Å². The van der Waals surface area contributed by atoms with E-state index in [-0.39, 0.29) is 29.3 Å². The van der Waals surface area contributed by atoms with E-state index in [0.717, 1.165) is 9.87 Å². The SMILES string of the molecule is CCC(C(=O)NC)N(Cc1c(Cl)cccc1Cl)C(=O)CN(c1cc(OC)ccc1OC)S(=O)(=O)c1ccc(C)cc1. The number of methoxy groups -OCH3 is 2. The largest absolute Gasteiger partial charge is 0.497 e. The van der Waals surface area contributed by atoms with E-state index in [4.69, 9.17) is 32.7 Å². The Morgan fingerprint density at radius 2 is 1.61 bits per heavy atom. The molecule has 12 heteroatoms. The Bertz CT molecular complexity index is 1480. The molecular weight excluding hydrogens is 589 g/mol. The molecule has 0 aliphatic heterocycles. The minimum atomic E-state index is -4.31. The number of amides is 2. The quantitative estimate of drug-likeness (QED) is 0.303. The van der Waals surface area contributed by atoms with Gasteiger partial charge in [0.15, 0.2) is 0 Å². The Hall–Kier alpha value is -3.47. The number of sulfonamides is 1. The smallest absolute Gasteiger partial charge is 0.264 e. The van der Waals surface area contributed by atoms with Gasteiger partial charge in [0.2, 0.25) is 11.8 Å². The van der Waals surface area contributed by atoms with Gasteiger partial charge in [-0.2, -0.15) is 0 Å². The lowest BCUT2D eigenvalue weighted by molar-refractivity contribution is -0.140. The Morgan fingerprint density at radius 3 is 2.15 bits per heavy atom. The van der Waals surface area contributed by atoms with Gasteiger partial charge in [0, 0.05) is 35.3 Å². The van der Waals surface area contributed by atoms with E-state index in [1.54, 1.807) is 49.4 Å². The molecule has 0 radical (unpaired) electrons. The number of nitrogens with one attached hydrogen (secondary N) is 1. The number of aryl methyl sites for hydroxylation is 1. The van der Waals surface area contributed by atoms with Crippen molar-refractivity contribution >= 4 is 50.7 Å². The first-order chi connectivity index (χ1) is 19.5. The molecule has 3 aromatic carbocycles. The molecule has 0 aliphatic rings. The monoisotopic (exact) mass is 621 g/mol. The minimum Gasteiger partial charge on any atom is -0.497 e. The first-order valence-electron chi connectivity index (χ1n) is 12.7. The van der Waals surface area contributed by atoms with Crippen LogP contribution in [0.25, 0.3) is 0 Å². The second-order valence-corrected chi connectivity index (χ2v) is 11.8. The van der Waals surface area contributed by atoms with Crippen molar-refractivity contribution < 1.29 is 27.5 Å². The first-order valence-corrected chi connectivity index (χ1v) is 14.9. The van der Waals surface area contributed by atoms with Gasteiger partial charge in [0.25, 0.3) is 10.0 Å². The van der Waals surface area contributed by atoms with Crippen LogP contribution >= 0.6 is 23.2 Å². The topological polar surface area (TPSA) is 105 Å². The lowest BCUT2D eigenvalue weighted by Gasteiger charge is -2.33. The van der Waals surface area contributed by atoms with Crippen LogP contribution in [-0.2, 0) is 26.2 Å². The Morgan fingerprint density at radius 1 is 0.976 bits per heavy atom. The third-order valence-corrected chi connectivity index (χ3v) is 9.05. The average Bonchev–Trinajstić information content (AvgIpc) is 2.96. The first kappa shape index (κ1) is 32.0. The summed E-state index contributed by atoms with van der Waals surface area (Å²) in [5.74, 6) is -0.518. The van der Waals surface area contributed by atoms with E-state index in [1.807, 2.05) is 6.92 Å². The van der Waals surface area contributed by atoms with Crippen molar-refractivity contribution in [3.05, 3.63) is 81.8 Å². The summed E-state index contributed by atoms with van der Waals surface area (Å²) in [6.07, 6.45) is 0.251. The van der Waals surface area contributed by atoms with Crippen LogP contribution in [0.3, 0.4) is 0 Å². The van der Waals surface area contributed by atoms with Crippen LogP contribution in [0.5, 0.6) is 11.5 Å². The fourth-order valence-corrected chi connectivity index (χ4v) is 6.22. The summed E-state index contributed by atoms with van der Waals surface area (Å²) in [5.41, 5.74) is 1.38. The molecular formula is C29H33Cl2N3O6S. The Kier molecular flexibility index (Phi) is 10.9. The number of hydrogen-bond donors (Lipinski definition) is 1. The minimum absolute atomic E-state index is 0.0280. The maximum atomic E-state index is 14.1. The highest BCUT2D eigenvalue weighted by atomic mass is 35.5. The number of carbonyl (C=O) groups is 2. The predicted octanol–water partition coefficient (Wildman–Crippen LogP) is 5.07. The number of benzene rings is 3. The zero-order chi connectivity index (χ0) is 30.3. The lowest BCUT2D eigenvalue weighted by Crippen LogP contribution is -2.51. The van der Waals surface area contributed by atoms with Gasteiger partial charge in [-0.15, -0.1) is 0 Å². The zero-order valence-corrected chi connectivity index (χ0v) is 25.8. The van der Waals surface area contributed by atoms with Crippen molar-refractivity contribution in [3.8, 4) is 11.5 Å². The normalized spacial score (nSPS) is 11.9. The molecule has 220 valence electrons. The molecule has 1 N–H and O–H groups in total. The lowest BCUT2D eigenvalue weighted by atomic mass is 10.1. The molecule has 3 rings (SSSR count). The second-order valence-electron chi connectivity index (χ2n) is 9.12. The average molecular weight is 623 g/mol. The summed E-state index contributed by atoms with van der Waals surface area (Å²) in [7, 11) is -0.00186. The van der Waals surface area contributed by atoms with Gasteiger partial charge in [-0.25, -0.2) is 8.42 Å².